The monoisotopic (exact) mass is 598 g/mol. The van der Waals surface area contributed by atoms with E-state index in [1.54, 1.807) is 12.1 Å². The van der Waals surface area contributed by atoms with Crippen LogP contribution in [0.4, 0.5) is 18.9 Å². The van der Waals surface area contributed by atoms with Gasteiger partial charge in [-0.15, -0.1) is 0 Å². The molecule has 2 heterocycles. The van der Waals surface area contributed by atoms with Crippen molar-refractivity contribution in [3.05, 3.63) is 76.4 Å². The molecule has 2 aromatic carbocycles. The standard InChI is InChI=1S/C34H41F3N2O4/c1-20-28(22-8-10-24(11-9-22)42-17-12-23-18-26(36)27(37)19-25(23)35)30(39-15-13-34(6,7)14-16-39)29(21(2)38-20)31(32(40)41)43-33(3,4)5/h8-11,18-19,31H,12-17H2,1-7H3,(H,40,41)/t31-/m0/s1. The molecule has 1 aliphatic heterocycles. The van der Waals surface area contributed by atoms with Gasteiger partial charge in [0.15, 0.2) is 17.7 Å². The van der Waals surface area contributed by atoms with E-state index in [9.17, 15) is 23.1 Å². The van der Waals surface area contributed by atoms with E-state index in [4.69, 9.17) is 14.5 Å². The molecule has 1 atom stereocenters. The van der Waals surface area contributed by atoms with Gasteiger partial charge < -0.3 is 19.5 Å². The number of carbonyl (C=O) groups is 1. The summed E-state index contributed by atoms with van der Waals surface area (Å²) < 4.78 is 52.7. The molecule has 3 aromatic rings. The Kier molecular flexibility index (Phi) is 9.45. The molecule has 0 radical (unpaired) electrons. The van der Waals surface area contributed by atoms with Crippen molar-refractivity contribution in [2.24, 2.45) is 5.41 Å². The van der Waals surface area contributed by atoms with Crippen molar-refractivity contribution in [3.63, 3.8) is 0 Å². The molecule has 6 nitrogen and oxygen atoms in total. The first-order valence-corrected chi connectivity index (χ1v) is 14.6. The molecule has 0 bridgehead atoms. The van der Waals surface area contributed by atoms with Crippen molar-refractivity contribution in [3.8, 4) is 16.9 Å². The summed E-state index contributed by atoms with van der Waals surface area (Å²) in [4.78, 5) is 19.7. The van der Waals surface area contributed by atoms with Gasteiger partial charge in [0.1, 0.15) is 11.6 Å². The predicted octanol–water partition coefficient (Wildman–Crippen LogP) is 7.97. The highest BCUT2D eigenvalue weighted by molar-refractivity contribution is 5.88. The number of benzene rings is 2. The van der Waals surface area contributed by atoms with E-state index < -0.39 is 35.1 Å². The summed E-state index contributed by atoms with van der Waals surface area (Å²) in [6.45, 7) is 15.4. The molecule has 0 aliphatic carbocycles. The van der Waals surface area contributed by atoms with Gasteiger partial charge in [-0.1, -0.05) is 26.0 Å². The molecular formula is C34H41F3N2O4. The minimum absolute atomic E-state index is 0.0317. The Morgan fingerprint density at radius 1 is 1.00 bits per heavy atom. The third-order valence-corrected chi connectivity index (χ3v) is 7.84. The molecule has 1 fully saturated rings. The van der Waals surface area contributed by atoms with E-state index in [0.717, 1.165) is 54.5 Å². The van der Waals surface area contributed by atoms with Gasteiger partial charge in [-0.05, 0) is 82.2 Å². The van der Waals surface area contributed by atoms with Crippen LogP contribution in [0.25, 0.3) is 11.1 Å². The van der Waals surface area contributed by atoms with Crippen LogP contribution in [0.5, 0.6) is 5.75 Å². The SMILES string of the molecule is Cc1nc(C)c([C@H](OC(C)(C)C)C(=O)O)c(N2CCC(C)(C)CC2)c1-c1ccc(OCCc2cc(F)c(F)cc2F)cc1. The second kappa shape index (κ2) is 12.6. The van der Waals surface area contributed by atoms with Crippen molar-refractivity contribution in [1.82, 2.24) is 4.98 Å². The molecule has 1 aliphatic rings. The third-order valence-electron chi connectivity index (χ3n) is 7.84. The second-order valence-electron chi connectivity index (χ2n) is 13.0. The summed E-state index contributed by atoms with van der Waals surface area (Å²) in [5.41, 5.74) is 3.93. The average molecular weight is 599 g/mol. The quantitative estimate of drug-likeness (QED) is 0.252. The zero-order chi connectivity index (χ0) is 31.7. The highest BCUT2D eigenvalue weighted by Gasteiger charge is 2.36. The van der Waals surface area contributed by atoms with Gasteiger partial charge in [-0.3, -0.25) is 4.98 Å². The third kappa shape index (κ3) is 7.68. The lowest BCUT2D eigenvalue weighted by Crippen LogP contribution is -2.39. The summed E-state index contributed by atoms with van der Waals surface area (Å²) in [6, 6.07) is 8.70. The zero-order valence-electron chi connectivity index (χ0n) is 26.0. The molecule has 9 heteroatoms. The van der Waals surface area contributed by atoms with E-state index in [-0.39, 0.29) is 24.0 Å². The summed E-state index contributed by atoms with van der Waals surface area (Å²) in [7, 11) is 0. The van der Waals surface area contributed by atoms with E-state index in [0.29, 0.717) is 23.1 Å². The predicted molar refractivity (Wildman–Crippen MR) is 161 cm³/mol. The maximum absolute atomic E-state index is 14.0. The molecule has 1 saturated heterocycles. The number of ether oxygens (including phenoxy) is 2. The first-order valence-electron chi connectivity index (χ1n) is 14.6. The maximum atomic E-state index is 14.0. The van der Waals surface area contributed by atoms with Gasteiger partial charge in [0.2, 0.25) is 0 Å². The van der Waals surface area contributed by atoms with Crippen LogP contribution in [0, 0.1) is 36.7 Å². The zero-order valence-corrected chi connectivity index (χ0v) is 26.0. The minimum Gasteiger partial charge on any atom is -0.493 e. The summed E-state index contributed by atoms with van der Waals surface area (Å²) >= 11 is 0. The van der Waals surface area contributed by atoms with Gasteiger partial charge in [-0.25, -0.2) is 18.0 Å². The molecule has 43 heavy (non-hydrogen) atoms. The number of rotatable bonds is 9. The number of carboxylic acid groups (broad SMARTS) is 1. The van der Waals surface area contributed by atoms with Crippen LogP contribution >= 0.6 is 0 Å². The van der Waals surface area contributed by atoms with E-state index in [1.165, 1.54) is 0 Å². The van der Waals surface area contributed by atoms with Gasteiger partial charge in [-0.2, -0.15) is 0 Å². The van der Waals surface area contributed by atoms with Crippen molar-refractivity contribution >= 4 is 11.7 Å². The smallest absolute Gasteiger partial charge is 0.337 e. The van der Waals surface area contributed by atoms with Crippen molar-refractivity contribution in [2.75, 3.05) is 24.6 Å². The Labute approximate surface area is 251 Å². The summed E-state index contributed by atoms with van der Waals surface area (Å²) in [5.74, 6) is -3.71. The molecule has 0 spiro atoms. The molecule has 4 rings (SSSR count). The number of carboxylic acids is 1. The van der Waals surface area contributed by atoms with Crippen molar-refractivity contribution in [1.29, 1.82) is 0 Å². The largest absolute Gasteiger partial charge is 0.493 e. The highest BCUT2D eigenvalue weighted by Crippen LogP contribution is 2.45. The fourth-order valence-electron chi connectivity index (χ4n) is 5.51. The lowest BCUT2D eigenvalue weighted by atomic mass is 9.82. The first-order chi connectivity index (χ1) is 20.1. The maximum Gasteiger partial charge on any atom is 0.337 e. The van der Waals surface area contributed by atoms with Gasteiger partial charge in [0.25, 0.3) is 0 Å². The van der Waals surface area contributed by atoms with Crippen LogP contribution in [0.3, 0.4) is 0 Å². The molecular weight excluding hydrogens is 557 g/mol. The number of nitrogens with zero attached hydrogens (tertiary/aromatic N) is 2. The number of anilines is 1. The highest BCUT2D eigenvalue weighted by atomic mass is 19.2. The van der Waals surface area contributed by atoms with E-state index in [2.05, 4.69) is 18.7 Å². The normalized spacial score (nSPS) is 15.8. The number of aryl methyl sites for hydroxylation is 2. The molecule has 232 valence electrons. The molecule has 1 aromatic heterocycles. The Morgan fingerprint density at radius 3 is 2.19 bits per heavy atom. The van der Waals surface area contributed by atoms with E-state index in [1.807, 2.05) is 46.8 Å². The minimum atomic E-state index is -1.23. The number of aliphatic carboxylic acids is 1. The lowest BCUT2D eigenvalue weighted by Gasteiger charge is -2.41. The molecule has 0 amide bonds. The Balaban J connectivity index is 1.70. The van der Waals surface area contributed by atoms with Crippen LogP contribution in [0.15, 0.2) is 36.4 Å². The number of pyridine rings is 1. The van der Waals surface area contributed by atoms with Gasteiger partial charge >= 0.3 is 5.97 Å². The van der Waals surface area contributed by atoms with Gasteiger partial charge in [0, 0.05) is 48.1 Å². The number of hydrogen-bond acceptors (Lipinski definition) is 5. The number of piperidine rings is 1. The van der Waals surface area contributed by atoms with Crippen molar-refractivity contribution < 1.29 is 32.5 Å². The van der Waals surface area contributed by atoms with Gasteiger partial charge in [0.05, 0.1) is 17.9 Å². The van der Waals surface area contributed by atoms with Crippen LogP contribution in [0.2, 0.25) is 0 Å². The fourth-order valence-corrected chi connectivity index (χ4v) is 5.51. The number of aromatic nitrogens is 1. The van der Waals surface area contributed by atoms with Crippen LogP contribution in [-0.4, -0.2) is 41.4 Å². The summed E-state index contributed by atoms with van der Waals surface area (Å²) in [6.07, 6.45) is 0.760. The topological polar surface area (TPSA) is 71.9 Å². The second-order valence-corrected chi connectivity index (χ2v) is 13.0. The van der Waals surface area contributed by atoms with Crippen LogP contribution in [-0.2, 0) is 16.0 Å². The Morgan fingerprint density at radius 2 is 1.60 bits per heavy atom. The molecule has 0 unspecified atom stereocenters. The lowest BCUT2D eigenvalue weighted by molar-refractivity contribution is -0.160. The fraction of sp³-hybridized carbons (Fsp3) is 0.471. The summed E-state index contributed by atoms with van der Waals surface area (Å²) in [5, 5.41) is 10.3. The Bertz CT molecular complexity index is 1470. The van der Waals surface area contributed by atoms with E-state index >= 15 is 0 Å². The number of hydrogen-bond donors (Lipinski definition) is 1. The van der Waals surface area contributed by atoms with Crippen LogP contribution < -0.4 is 9.64 Å². The number of halogens is 3. The first kappa shape index (κ1) is 32.3. The van der Waals surface area contributed by atoms with Crippen LogP contribution in [0.1, 0.15) is 76.1 Å². The molecule has 1 N–H and O–H groups in total. The Hall–Kier alpha value is -3.59. The van der Waals surface area contributed by atoms with Crippen molar-refractivity contribution in [2.45, 2.75) is 79.4 Å². The molecule has 0 saturated carbocycles. The average Bonchev–Trinajstić information content (AvgIpc) is 2.90.